The van der Waals surface area contributed by atoms with Gasteiger partial charge in [0.15, 0.2) is 0 Å². The predicted octanol–water partition coefficient (Wildman–Crippen LogP) is 5.65. The number of para-hydroxylation sites is 1. The SMILES string of the molecule is C=CC(=O)Nc1cc(Nc2nccc(-c3c4n(c5ccccc35)CCC4(C)C)n2)c(OC)cc1N(C)CCN(C)C. The highest BCUT2D eigenvalue weighted by molar-refractivity contribution is 6.02. The lowest BCUT2D eigenvalue weighted by atomic mass is 9.85. The summed E-state index contributed by atoms with van der Waals surface area (Å²) in [5.41, 5.74) is 6.68. The van der Waals surface area contributed by atoms with Gasteiger partial charge in [-0.1, -0.05) is 38.6 Å². The van der Waals surface area contributed by atoms with Gasteiger partial charge in [0.25, 0.3) is 0 Å². The number of carbonyl (C=O) groups excluding carboxylic acids is 1. The van der Waals surface area contributed by atoms with Crippen LogP contribution in [0.5, 0.6) is 5.75 Å². The molecule has 0 saturated heterocycles. The van der Waals surface area contributed by atoms with E-state index in [0.717, 1.165) is 43.0 Å². The molecule has 1 amide bonds. The van der Waals surface area contributed by atoms with Crippen LogP contribution in [0.25, 0.3) is 22.2 Å². The third-order valence-electron chi connectivity index (χ3n) is 7.79. The molecule has 0 bridgehead atoms. The second-order valence-electron chi connectivity index (χ2n) is 11.4. The first-order chi connectivity index (χ1) is 19.6. The fourth-order valence-electron chi connectivity index (χ4n) is 5.59. The van der Waals surface area contributed by atoms with Crippen LogP contribution in [0.4, 0.5) is 23.0 Å². The molecule has 9 heteroatoms. The molecule has 0 fully saturated rings. The third kappa shape index (κ3) is 5.50. The number of anilines is 4. The molecule has 214 valence electrons. The van der Waals surface area contributed by atoms with Gasteiger partial charge in [-0.15, -0.1) is 0 Å². The quantitative estimate of drug-likeness (QED) is 0.245. The van der Waals surface area contributed by atoms with Gasteiger partial charge in [-0.2, -0.15) is 0 Å². The minimum atomic E-state index is -0.293. The van der Waals surface area contributed by atoms with Gasteiger partial charge in [0.05, 0.1) is 29.9 Å². The summed E-state index contributed by atoms with van der Waals surface area (Å²) in [6.07, 6.45) is 4.12. The van der Waals surface area contributed by atoms with E-state index >= 15 is 0 Å². The summed E-state index contributed by atoms with van der Waals surface area (Å²) in [6, 6.07) is 14.3. The van der Waals surface area contributed by atoms with Gasteiger partial charge < -0.3 is 29.7 Å². The second kappa shape index (κ2) is 11.2. The number of nitrogens with one attached hydrogen (secondary N) is 2. The first-order valence-corrected chi connectivity index (χ1v) is 13.9. The Bertz CT molecular complexity index is 1610. The van der Waals surface area contributed by atoms with Gasteiger partial charge in [-0.05, 0) is 44.8 Å². The Morgan fingerprint density at radius 2 is 1.93 bits per heavy atom. The maximum atomic E-state index is 12.3. The lowest BCUT2D eigenvalue weighted by Crippen LogP contribution is -2.29. The number of benzene rings is 2. The Hall–Kier alpha value is -4.37. The highest BCUT2D eigenvalue weighted by Crippen LogP contribution is 2.46. The number of fused-ring (bicyclic) bond motifs is 3. The van der Waals surface area contributed by atoms with Crippen molar-refractivity contribution in [1.29, 1.82) is 0 Å². The third-order valence-corrected chi connectivity index (χ3v) is 7.79. The minimum absolute atomic E-state index is 0.0306. The molecule has 2 aromatic heterocycles. The standard InChI is InChI=1S/C32H39N7O2/c1-8-28(40)34-23-19-24(27(41-7)20-26(23)38(6)18-17-37(4)5)36-31-33-15-13-22(35-31)29-21-11-9-10-12-25(21)39-16-14-32(2,3)30(29)39/h8-13,15,19-20H,1,14,16-18H2,2-7H3,(H,34,40)(H,33,35,36). The maximum Gasteiger partial charge on any atom is 0.247 e. The number of amides is 1. The number of ether oxygens (including phenoxy) is 1. The average molecular weight is 554 g/mol. The van der Waals surface area contributed by atoms with Crippen molar-refractivity contribution in [2.75, 3.05) is 56.9 Å². The summed E-state index contributed by atoms with van der Waals surface area (Å²) in [6.45, 7) is 10.8. The van der Waals surface area contributed by atoms with E-state index in [-0.39, 0.29) is 11.3 Å². The second-order valence-corrected chi connectivity index (χ2v) is 11.4. The first-order valence-electron chi connectivity index (χ1n) is 13.9. The molecule has 0 saturated carbocycles. The predicted molar refractivity (Wildman–Crippen MR) is 168 cm³/mol. The molecule has 5 rings (SSSR count). The molecule has 2 N–H and O–H groups in total. The minimum Gasteiger partial charge on any atom is -0.494 e. The number of rotatable bonds is 10. The van der Waals surface area contributed by atoms with Crippen LogP contribution >= 0.6 is 0 Å². The van der Waals surface area contributed by atoms with E-state index in [1.54, 1.807) is 13.3 Å². The summed E-state index contributed by atoms with van der Waals surface area (Å²) in [7, 11) is 7.68. The molecule has 1 aliphatic rings. The Kier molecular flexibility index (Phi) is 7.73. The van der Waals surface area contributed by atoms with Crippen LogP contribution in [0.1, 0.15) is 26.0 Å². The summed E-state index contributed by atoms with van der Waals surface area (Å²) in [4.78, 5) is 26.1. The number of hydrogen-bond acceptors (Lipinski definition) is 7. The van der Waals surface area contributed by atoms with E-state index in [2.05, 4.69) is 74.7 Å². The molecule has 0 spiro atoms. The van der Waals surface area contributed by atoms with Gasteiger partial charge in [0, 0.05) is 66.5 Å². The van der Waals surface area contributed by atoms with Crippen molar-refractivity contribution in [2.45, 2.75) is 32.2 Å². The molecule has 0 unspecified atom stereocenters. The Morgan fingerprint density at radius 3 is 2.66 bits per heavy atom. The molecular weight excluding hydrogens is 514 g/mol. The molecule has 2 aromatic carbocycles. The van der Waals surface area contributed by atoms with Gasteiger partial charge >= 0.3 is 0 Å². The van der Waals surface area contributed by atoms with E-state index in [1.165, 1.54) is 22.7 Å². The summed E-state index contributed by atoms with van der Waals surface area (Å²) in [5.74, 6) is 0.757. The van der Waals surface area contributed by atoms with Gasteiger partial charge in [-0.25, -0.2) is 9.97 Å². The molecule has 0 radical (unpaired) electrons. The lowest BCUT2D eigenvalue weighted by molar-refractivity contribution is -0.111. The molecule has 4 aromatic rings. The highest BCUT2D eigenvalue weighted by atomic mass is 16.5. The van der Waals surface area contributed by atoms with E-state index in [1.807, 2.05) is 39.3 Å². The van der Waals surface area contributed by atoms with Crippen LogP contribution in [0.3, 0.4) is 0 Å². The van der Waals surface area contributed by atoms with E-state index < -0.39 is 0 Å². The zero-order valence-electron chi connectivity index (χ0n) is 24.8. The number of likely N-dealkylation sites (N-methyl/N-ethyl adjacent to an activating group) is 2. The van der Waals surface area contributed by atoms with Crippen LogP contribution < -0.4 is 20.3 Å². The topological polar surface area (TPSA) is 87.5 Å². The number of aryl methyl sites for hydroxylation is 1. The van der Waals surface area contributed by atoms with Crippen molar-refractivity contribution in [1.82, 2.24) is 19.4 Å². The van der Waals surface area contributed by atoms with Crippen molar-refractivity contribution < 1.29 is 9.53 Å². The van der Waals surface area contributed by atoms with Crippen LogP contribution in [-0.2, 0) is 16.8 Å². The van der Waals surface area contributed by atoms with Gasteiger partial charge in [0.1, 0.15) is 5.75 Å². The fraction of sp³-hybridized carbons (Fsp3) is 0.344. The zero-order chi connectivity index (χ0) is 29.3. The van der Waals surface area contributed by atoms with Gasteiger partial charge in [0.2, 0.25) is 11.9 Å². The highest BCUT2D eigenvalue weighted by Gasteiger charge is 2.36. The largest absolute Gasteiger partial charge is 0.494 e. The van der Waals surface area contributed by atoms with Crippen molar-refractivity contribution in [3.8, 4) is 17.0 Å². The molecule has 9 nitrogen and oxygen atoms in total. The zero-order valence-corrected chi connectivity index (χ0v) is 24.8. The van der Waals surface area contributed by atoms with E-state index in [4.69, 9.17) is 9.72 Å². The summed E-state index contributed by atoms with van der Waals surface area (Å²) in [5, 5.41) is 7.49. The molecule has 41 heavy (non-hydrogen) atoms. The molecule has 1 aliphatic heterocycles. The number of aromatic nitrogens is 3. The number of carbonyl (C=O) groups is 1. The normalized spacial score (nSPS) is 13.7. The monoisotopic (exact) mass is 553 g/mol. The Balaban J connectivity index is 1.55. The van der Waals surface area contributed by atoms with Crippen LogP contribution in [0, 0.1) is 0 Å². The molecule has 3 heterocycles. The Morgan fingerprint density at radius 1 is 1.15 bits per heavy atom. The van der Waals surface area contributed by atoms with Crippen LogP contribution in [0.2, 0.25) is 0 Å². The van der Waals surface area contributed by atoms with Gasteiger partial charge in [-0.3, -0.25) is 4.79 Å². The lowest BCUT2D eigenvalue weighted by Gasteiger charge is -2.26. The molecule has 0 atom stereocenters. The van der Waals surface area contributed by atoms with E-state index in [9.17, 15) is 4.79 Å². The maximum absolute atomic E-state index is 12.3. The Labute approximate surface area is 241 Å². The first kappa shape index (κ1) is 28.2. The molecule has 0 aliphatic carbocycles. The van der Waals surface area contributed by atoms with Crippen molar-refractivity contribution in [2.24, 2.45) is 0 Å². The average Bonchev–Trinajstić information content (AvgIpc) is 3.46. The van der Waals surface area contributed by atoms with E-state index in [0.29, 0.717) is 23.1 Å². The van der Waals surface area contributed by atoms with Crippen LogP contribution in [0.15, 0.2) is 61.3 Å². The number of hydrogen-bond donors (Lipinski definition) is 2. The van der Waals surface area contributed by atoms with Crippen molar-refractivity contribution in [3.63, 3.8) is 0 Å². The van der Waals surface area contributed by atoms with Crippen LogP contribution in [-0.4, -0.2) is 66.7 Å². The summed E-state index contributed by atoms with van der Waals surface area (Å²) < 4.78 is 8.21. The summed E-state index contributed by atoms with van der Waals surface area (Å²) >= 11 is 0. The fourth-order valence-corrected chi connectivity index (χ4v) is 5.59. The number of methoxy groups -OCH3 is 1. The van der Waals surface area contributed by atoms with Crippen molar-refractivity contribution in [3.05, 3.63) is 67.0 Å². The van der Waals surface area contributed by atoms with Crippen molar-refractivity contribution >= 4 is 39.8 Å². The smallest absolute Gasteiger partial charge is 0.247 e. The molecular formula is C32H39N7O2. The number of nitrogens with zero attached hydrogens (tertiary/aromatic N) is 5.